The first kappa shape index (κ1) is 15.5. The maximum Gasteiger partial charge on any atom is 0.258 e. The Kier molecular flexibility index (Phi) is 4.29. The Morgan fingerprint density at radius 2 is 1.57 bits per heavy atom. The molecule has 1 amide bonds. The van der Waals surface area contributed by atoms with Gasteiger partial charge in [0.25, 0.3) is 5.91 Å². The van der Waals surface area contributed by atoms with Gasteiger partial charge in [-0.05, 0) is 18.2 Å². The molecular formula is C13H7Cl2F3N2O. The molecule has 0 radical (unpaired) electrons. The topological polar surface area (TPSA) is 55.1 Å². The van der Waals surface area contributed by atoms with E-state index in [-0.39, 0.29) is 21.4 Å². The maximum atomic E-state index is 13.5. The summed E-state index contributed by atoms with van der Waals surface area (Å²) in [5, 5.41) is 1.65. The molecule has 0 saturated heterocycles. The molecule has 2 aromatic rings. The van der Waals surface area contributed by atoms with Gasteiger partial charge in [-0.1, -0.05) is 23.2 Å². The van der Waals surface area contributed by atoms with Gasteiger partial charge in [0, 0.05) is 11.8 Å². The van der Waals surface area contributed by atoms with Gasteiger partial charge in [0.05, 0.1) is 21.3 Å². The molecule has 0 aromatic heterocycles. The van der Waals surface area contributed by atoms with E-state index >= 15 is 0 Å². The zero-order chi connectivity index (χ0) is 15.7. The van der Waals surface area contributed by atoms with Gasteiger partial charge < -0.3 is 11.1 Å². The first-order valence-corrected chi connectivity index (χ1v) is 6.25. The lowest BCUT2D eigenvalue weighted by molar-refractivity contribution is 0.102. The second kappa shape index (κ2) is 5.83. The molecule has 2 aromatic carbocycles. The van der Waals surface area contributed by atoms with Gasteiger partial charge in [-0.3, -0.25) is 4.79 Å². The number of anilines is 2. The van der Waals surface area contributed by atoms with Crippen LogP contribution in [0.5, 0.6) is 0 Å². The summed E-state index contributed by atoms with van der Waals surface area (Å²) in [6, 6.07) is 3.55. The third kappa shape index (κ3) is 3.22. The molecule has 0 spiro atoms. The third-order valence-electron chi connectivity index (χ3n) is 2.57. The molecule has 8 heteroatoms. The molecule has 0 fully saturated rings. The average molecular weight is 335 g/mol. The van der Waals surface area contributed by atoms with E-state index in [2.05, 4.69) is 5.32 Å². The molecule has 0 atom stereocenters. The van der Waals surface area contributed by atoms with Crippen LogP contribution in [-0.4, -0.2) is 5.91 Å². The van der Waals surface area contributed by atoms with Gasteiger partial charge in [0.1, 0.15) is 11.6 Å². The Labute approximate surface area is 127 Å². The maximum absolute atomic E-state index is 13.5. The number of nitrogens with two attached hydrogens (primary N) is 1. The van der Waals surface area contributed by atoms with E-state index < -0.39 is 28.9 Å². The molecule has 0 bridgehead atoms. The van der Waals surface area contributed by atoms with Crippen LogP contribution in [-0.2, 0) is 0 Å². The summed E-state index contributed by atoms with van der Waals surface area (Å²) in [5.41, 5.74) is 4.48. The molecule has 0 aliphatic rings. The number of halogens is 5. The quantitative estimate of drug-likeness (QED) is 0.637. The fraction of sp³-hybridized carbons (Fsp3) is 0. The molecule has 0 aliphatic carbocycles. The summed E-state index contributed by atoms with van der Waals surface area (Å²) in [6.07, 6.45) is 0. The van der Waals surface area contributed by atoms with Crippen LogP contribution in [0.15, 0.2) is 24.3 Å². The van der Waals surface area contributed by atoms with Crippen molar-refractivity contribution in [3.63, 3.8) is 0 Å². The minimum absolute atomic E-state index is 0.0543. The normalized spacial score (nSPS) is 10.5. The number of nitrogens with one attached hydrogen (secondary N) is 1. The van der Waals surface area contributed by atoms with Crippen LogP contribution in [0.3, 0.4) is 0 Å². The molecule has 0 aliphatic heterocycles. The van der Waals surface area contributed by atoms with Gasteiger partial charge in [-0.25, -0.2) is 13.2 Å². The zero-order valence-corrected chi connectivity index (χ0v) is 11.7. The molecular weight excluding hydrogens is 328 g/mol. The number of nitrogen functional groups attached to an aromatic ring is 1. The van der Waals surface area contributed by atoms with E-state index in [1.54, 1.807) is 0 Å². The minimum atomic E-state index is -1.08. The highest BCUT2D eigenvalue weighted by molar-refractivity contribution is 6.35. The standard InChI is InChI=1S/C13H7Cl2F3N2O/c14-7-1-5(2-8(15)12(7)18)20-13(21)6-3-11(19)10(17)4-9(6)16/h1-4H,19H2,(H,20,21). The second-order valence-corrected chi connectivity index (χ2v) is 4.88. The van der Waals surface area contributed by atoms with Crippen LogP contribution in [0.2, 0.25) is 10.0 Å². The lowest BCUT2D eigenvalue weighted by Gasteiger charge is -2.09. The average Bonchev–Trinajstić information content (AvgIpc) is 2.40. The molecule has 0 saturated carbocycles. The predicted octanol–water partition coefficient (Wildman–Crippen LogP) is 4.25. The number of benzene rings is 2. The number of rotatable bonds is 2. The van der Waals surface area contributed by atoms with E-state index in [1.807, 2.05) is 0 Å². The molecule has 21 heavy (non-hydrogen) atoms. The van der Waals surface area contributed by atoms with Gasteiger partial charge >= 0.3 is 0 Å². The Morgan fingerprint density at radius 3 is 2.14 bits per heavy atom. The number of amides is 1. The van der Waals surface area contributed by atoms with E-state index in [4.69, 9.17) is 28.9 Å². The highest BCUT2D eigenvalue weighted by Gasteiger charge is 2.16. The van der Waals surface area contributed by atoms with Gasteiger partial charge in [-0.15, -0.1) is 0 Å². The Balaban J connectivity index is 2.32. The van der Waals surface area contributed by atoms with Crippen molar-refractivity contribution in [1.82, 2.24) is 0 Å². The van der Waals surface area contributed by atoms with Crippen LogP contribution in [0, 0.1) is 17.5 Å². The summed E-state index contributed by atoms with van der Waals surface area (Å²) in [6.45, 7) is 0. The van der Waals surface area contributed by atoms with Crippen LogP contribution >= 0.6 is 23.2 Å². The number of carbonyl (C=O) groups excluding carboxylic acids is 1. The van der Waals surface area contributed by atoms with Crippen molar-refractivity contribution in [2.24, 2.45) is 0 Å². The molecule has 2 rings (SSSR count). The Hall–Kier alpha value is -1.92. The van der Waals surface area contributed by atoms with Crippen molar-refractivity contribution >= 4 is 40.5 Å². The van der Waals surface area contributed by atoms with Crippen molar-refractivity contribution < 1.29 is 18.0 Å². The SMILES string of the molecule is Nc1cc(C(=O)Nc2cc(Cl)c(F)c(Cl)c2)c(F)cc1F. The van der Waals surface area contributed by atoms with E-state index in [9.17, 15) is 18.0 Å². The first-order chi connectivity index (χ1) is 9.79. The number of hydrogen-bond donors (Lipinski definition) is 2. The molecule has 3 N–H and O–H groups in total. The Morgan fingerprint density at radius 1 is 1.00 bits per heavy atom. The van der Waals surface area contributed by atoms with Gasteiger partial charge in [-0.2, -0.15) is 0 Å². The van der Waals surface area contributed by atoms with Crippen LogP contribution in [0.4, 0.5) is 24.5 Å². The summed E-state index contributed by atoms with van der Waals surface area (Å²) < 4.78 is 39.8. The van der Waals surface area contributed by atoms with Crippen molar-refractivity contribution in [2.75, 3.05) is 11.1 Å². The first-order valence-electron chi connectivity index (χ1n) is 5.50. The molecule has 3 nitrogen and oxygen atoms in total. The van der Waals surface area contributed by atoms with E-state index in [0.29, 0.717) is 6.07 Å². The largest absolute Gasteiger partial charge is 0.396 e. The molecule has 0 unspecified atom stereocenters. The third-order valence-corrected chi connectivity index (χ3v) is 3.12. The van der Waals surface area contributed by atoms with Gasteiger partial charge in [0.15, 0.2) is 5.82 Å². The molecule has 0 heterocycles. The van der Waals surface area contributed by atoms with Crippen LogP contribution in [0.1, 0.15) is 10.4 Å². The van der Waals surface area contributed by atoms with Gasteiger partial charge in [0.2, 0.25) is 0 Å². The monoisotopic (exact) mass is 334 g/mol. The van der Waals surface area contributed by atoms with E-state index in [0.717, 1.165) is 18.2 Å². The summed E-state index contributed by atoms with van der Waals surface area (Å²) >= 11 is 11.1. The second-order valence-electron chi connectivity index (χ2n) is 4.06. The summed E-state index contributed by atoms with van der Waals surface area (Å²) in [5.74, 6) is -3.80. The zero-order valence-electron chi connectivity index (χ0n) is 10.2. The van der Waals surface area contributed by atoms with Crippen molar-refractivity contribution in [3.05, 3.63) is 57.3 Å². The van der Waals surface area contributed by atoms with Crippen LogP contribution < -0.4 is 11.1 Å². The number of hydrogen-bond acceptors (Lipinski definition) is 2. The highest BCUT2D eigenvalue weighted by Crippen LogP contribution is 2.28. The van der Waals surface area contributed by atoms with Crippen molar-refractivity contribution in [3.8, 4) is 0 Å². The fourth-order valence-electron chi connectivity index (χ4n) is 1.57. The fourth-order valence-corrected chi connectivity index (χ4v) is 2.05. The summed E-state index contributed by atoms with van der Waals surface area (Å²) in [7, 11) is 0. The van der Waals surface area contributed by atoms with Crippen molar-refractivity contribution in [2.45, 2.75) is 0 Å². The lowest BCUT2D eigenvalue weighted by Crippen LogP contribution is -2.15. The van der Waals surface area contributed by atoms with Crippen LogP contribution in [0.25, 0.3) is 0 Å². The number of carbonyl (C=O) groups is 1. The molecule has 110 valence electrons. The van der Waals surface area contributed by atoms with Crippen molar-refractivity contribution in [1.29, 1.82) is 0 Å². The minimum Gasteiger partial charge on any atom is -0.396 e. The highest BCUT2D eigenvalue weighted by atomic mass is 35.5. The lowest BCUT2D eigenvalue weighted by atomic mass is 10.1. The van der Waals surface area contributed by atoms with E-state index in [1.165, 1.54) is 0 Å². The Bertz CT molecular complexity index is 715. The summed E-state index contributed by atoms with van der Waals surface area (Å²) in [4.78, 5) is 11.9. The predicted molar refractivity (Wildman–Crippen MR) is 75.1 cm³/mol. The smallest absolute Gasteiger partial charge is 0.258 e.